The summed E-state index contributed by atoms with van der Waals surface area (Å²) in [4.78, 5) is 16.2. The van der Waals surface area contributed by atoms with Crippen molar-refractivity contribution in [2.45, 2.75) is 33.7 Å². The van der Waals surface area contributed by atoms with Gasteiger partial charge < -0.3 is 16.0 Å². The molecule has 0 fully saturated rings. The quantitative estimate of drug-likeness (QED) is 0.531. The Kier molecular flexibility index (Phi) is 7.94. The molecule has 0 aliphatic carbocycles. The molecule has 0 spiro atoms. The van der Waals surface area contributed by atoms with Gasteiger partial charge in [0.1, 0.15) is 0 Å². The first kappa shape index (κ1) is 17.0. The van der Waals surface area contributed by atoms with Crippen LogP contribution >= 0.6 is 0 Å². The summed E-state index contributed by atoms with van der Waals surface area (Å²) in [6.45, 7) is 9.05. The van der Waals surface area contributed by atoms with Crippen molar-refractivity contribution >= 4 is 11.9 Å². The van der Waals surface area contributed by atoms with Gasteiger partial charge in [0.25, 0.3) is 5.91 Å². The molecule has 0 atom stereocenters. The van der Waals surface area contributed by atoms with Crippen molar-refractivity contribution in [3.8, 4) is 0 Å². The van der Waals surface area contributed by atoms with Crippen LogP contribution in [0.3, 0.4) is 0 Å². The minimum atomic E-state index is -0.0366. The van der Waals surface area contributed by atoms with E-state index in [9.17, 15) is 4.79 Å². The second-order valence-corrected chi connectivity index (χ2v) is 4.68. The van der Waals surface area contributed by atoms with Gasteiger partial charge in [-0.1, -0.05) is 19.1 Å². The van der Waals surface area contributed by atoms with Gasteiger partial charge >= 0.3 is 0 Å². The lowest BCUT2D eigenvalue weighted by atomic mass is 10.1. The molecule has 1 aromatic rings. The highest BCUT2D eigenvalue weighted by atomic mass is 16.1. The lowest BCUT2D eigenvalue weighted by molar-refractivity contribution is 0.0956. The summed E-state index contributed by atoms with van der Waals surface area (Å²) < 4.78 is 0. The number of nitrogens with one attached hydrogen (secondary N) is 3. The summed E-state index contributed by atoms with van der Waals surface area (Å²) in [7, 11) is 0. The molecule has 0 saturated carbocycles. The number of carbonyl (C=O) groups excluding carboxylic acids is 1. The van der Waals surface area contributed by atoms with Crippen molar-refractivity contribution in [1.82, 2.24) is 16.0 Å². The predicted molar refractivity (Wildman–Crippen MR) is 87.6 cm³/mol. The Morgan fingerprint density at radius 2 is 1.67 bits per heavy atom. The van der Waals surface area contributed by atoms with E-state index in [1.54, 1.807) is 0 Å². The number of aliphatic imine (C=N–C) groups is 1. The van der Waals surface area contributed by atoms with Gasteiger partial charge in [-0.15, -0.1) is 0 Å². The van der Waals surface area contributed by atoms with Crippen molar-refractivity contribution in [1.29, 1.82) is 0 Å². The zero-order chi connectivity index (χ0) is 15.5. The molecule has 0 bridgehead atoms. The Morgan fingerprint density at radius 3 is 2.24 bits per heavy atom. The molecule has 0 saturated heterocycles. The third-order valence-electron chi connectivity index (χ3n) is 2.86. The minimum Gasteiger partial charge on any atom is -0.357 e. The van der Waals surface area contributed by atoms with Crippen LogP contribution in [0.4, 0.5) is 0 Å². The fourth-order valence-electron chi connectivity index (χ4n) is 1.78. The largest absolute Gasteiger partial charge is 0.357 e. The van der Waals surface area contributed by atoms with E-state index in [2.05, 4.69) is 27.9 Å². The number of carbonyl (C=O) groups is 1. The van der Waals surface area contributed by atoms with Crippen molar-refractivity contribution in [2.24, 2.45) is 4.99 Å². The fourth-order valence-corrected chi connectivity index (χ4v) is 1.78. The normalized spacial score (nSPS) is 11.1. The molecule has 0 unspecified atom stereocenters. The Balaban J connectivity index is 2.62. The average Bonchev–Trinajstić information content (AvgIpc) is 2.51. The summed E-state index contributed by atoms with van der Waals surface area (Å²) in [5, 5.41) is 9.26. The van der Waals surface area contributed by atoms with Gasteiger partial charge in [-0.25, -0.2) is 4.99 Å². The molecule has 0 aliphatic rings. The molecule has 21 heavy (non-hydrogen) atoms. The van der Waals surface area contributed by atoms with Crippen LogP contribution in [-0.2, 0) is 6.54 Å². The number of nitrogens with zero attached hydrogens (tertiary/aromatic N) is 1. The molecule has 1 rings (SSSR count). The molecule has 0 aromatic heterocycles. The fraction of sp³-hybridized carbons (Fsp3) is 0.500. The standard InChI is InChI=1S/C16H26N4O/c1-4-11-19-16(18-6-3)20-12-13-7-9-14(10-8-13)15(21)17-5-2/h7-10H,4-6,11-12H2,1-3H3,(H,17,21)(H2,18,19,20). The number of hydrogen-bond acceptors (Lipinski definition) is 2. The summed E-state index contributed by atoms with van der Waals surface area (Å²) >= 11 is 0. The highest BCUT2D eigenvalue weighted by molar-refractivity contribution is 5.94. The summed E-state index contributed by atoms with van der Waals surface area (Å²) in [6.07, 6.45) is 1.06. The van der Waals surface area contributed by atoms with Crippen LogP contribution < -0.4 is 16.0 Å². The number of guanidine groups is 1. The van der Waals surface area contributed by atoms with Gasteiger partial charge in [0.2, 0.25) is 0 Å². The third-order valence-corrected chi connectivity index (χ3v) is 2.86. The maximum absolute atomic E-state index is 11.7. The van der Waals surface area contributed by atoms with Gasteiger partial charge in [-0.2, -0.15) is 0 Å². The molecule has 1 aromatic carbocycles. The molecule has 1 amide bonds. The monoisotopic (exact) mass is 290 g/mol. The van der Waals surface area contributed by atoms with Crippen LogP contribution in [0.2, 0.25) is 0 Å². The Morgan fingerprint density at radius 1 is 1.00 bits per heavy atom. The van der Waals surface area contributed by atoms with Crippen molar-refractivity contribution in [3.63, 3.8) is 0 Å². The van der Waals surface area contributed by atoms with Crippen LogP contribution in [0, 0.1) is 0 Å². The number of hydrogen-bond donors (Lipinski definition) is 3. The first-order chi connectivity index (χ1) is 10.2. The zero-order valence-electron chi connectivity index (χ0n) is 13.2. The first-order valence-corrected chi connectivity index (χ1v) is 7.60. The van der Waals surface area contributed by atoms with Crippen molar-refractivity contribution < 1.29 is 4.79 Å². The van der Waals surface area contributed by atoms with Crippen LogP contribution in [0.5, 0.6) is 0 Å². The maximum Gasteiger partial charge on any atom is 0.251 e. The average molecular weight is 290 g/mol. The number of benzene rings is 1. The Bertz CT molecular complexity index is 454. The van der Waals surface area contributed by atoms with E-state index in [1.165, 1.54) is 0 Å². The molecule has 3 N–H and O–H groups in total. The second kappa shape index (κ2) is 9.80. The van der Waals surface area contributed by atoms with Crippen LogP contribution in [0.1, 0.15) is 43.1 Å². The van der Waals surface area contributed by atoms with Gasteiger partial charge in [-0.3, -0.25) is 4.79 Å². The second-order valence-electron chi connectivity index (χ2n) is 4.68. The van der Waals surface area contributed by atoms with E-state index in [1.807, 2.05) is 38.1 Å². The summed E-state index contributed by atoms with van der Waals surface area (Å²) in [6, 6.07) is 7.55. The van der Waals surface area contributed by atoms with Gasteiger partial charge in [-0.05, 0) is 38.0 Å². The lowest BCUT2D eigenvalue weighted by Crippen LogP contribution is -2.37. The maximum atomic E-state index is 11.7. The minimum absolute atomic E-state index is 0.0366. The van der Waals surface area contributed by atoms with E-state index < -0.39 is 0 Å². The SMILES string of the molecule is CCCNC(=NCc1ccc(C(=O)NCC)cc1)NCC. The molecule has 5 heteroatoms. The highest BCUT2D eigenvalue weighted by Gasteiger charge is 2.03. The lowest BCUT2D eigenvalue weighted by Gasteiger charge is -2.10. The number of amides is 1. The summed E-state index contributed by atoms with van der Waals surface area (Å²) in [5.41, 5.74) is 1.76. The molecule has 0 aliphatic heterocycles. The van der Waals surface area contributed by atoms with Gasteiger partial charge in [0, 0.05) is 25.2 Å². The highest BCUT2D eigenvalue weighted by Crippen LogP contribution is 2.05. The smallest absolute Gasteiger partial charge is 0.251 e. The molecule has 116 valence electrons. The van der Waals surface area contributed by atoms with Crippen LogP contribution in [0.25, 0.3) is 0 Å². The molecular weight excluding hydrogens is 264 g/mol. The number of rotatable bonds is 7. The van der Waals surface area contributed by atoms with Crippen LogP contribution in [-0.4, -0.2) is 31.5 Å². The zero-order valence-corrected chi connectivity index (χ0v) is 13.2. The molecular formula is C16H26N4O. The van der Waals surface area contributed by atoms with Crippen molar-refractivity contribution in [3.05, 3.63) is 35.4 Å². The van der Waals surface area contributed by atoms with E-state index in [0.29, 0.717) is 18.7 Å². The Labute approximate surface area is 127 Å². The van der Waals surface area contributed by atoms with Gasteiger partial charge in [0.15, 0.2) is 5.96 Å². The van der Waals surface area contributed by atoms with Crippen LogP contribution in [0.15, 0.2) is 29.3 Å². The van der Waals surface area contributed by atoms with Crippen molar-refractivity contribution in [2.75, 3.05) is 19.6 Å². The van der Waals surface area contributed by atoms with E-state index in [-0.39, 0.29) is 5.91 Å². The summed E-state index contributed by atoms with van der Waals surface area (Å²) in [5.74, 6) is 0.789. The Hall–Kier alpha value is -2.04. The molecule has 5 nitrogen and oxygen atoms in total. The van der Waals surface area contributed by atoms with Gasteiger partial charge in [0.05, 0.1) is 6.54 Å². The predicted octanol–water partition coefficient (Wildman–Crippen LogP) is 1.90. The van der Waals surface area contributed by atoms with E-state index >= 15 is 0 Å². The third kappa shape index (κ3) is 6.29. The first-order valence-electron chi connectivity index (χ1n) is 7.60. The van der Waals surface area contributed by atoms with E-state index in [4.69, 9.17) is 0 Å². The molecule has 0 radical (unpaired) electrons. The topological polar surface area (TPSA) is 65.5 Å². The molecule has 0 heterocycles. The van der Waals surface area contributed by atoms with E-state index in [0.717, 1.165) is 31.0 Å².